The number of aromatic nitrogens is 1. The topological polar surface area (TPSA) is 69.9 Å². The Morgan fingerprint density at radius 3 is 2.38 bits per heavy atom. The molecule has 0 bridgehead atoms. The molecule has 0 radical (unpaired) electrons. The lowest BCUT2D eigenvalue weighted by molar-refractivity contribution is -0.138. The van der Waals surface area contributed by atoms with E-state index in [2.05, 4.69) is 17.1 Å². The van der Waals surface area contributed by atoms with E-state index in [-0.39, 0.29) is 17.7 Å². The van der Waals surface area contributed by atoms with Gasteiger partial charge in [-0.05, 0) is 39.2 Å². The summed E-state index contributed by atoms with van der Waals surface area (Å²) in [6, 6.07) is 0. The van der Waals surface area contributed by atoms with Crippen molar-refractivity contribution in [2.45, 2.75) is 38.5 Å². The third kappa shape index (κ3) is 3.37. The minimum absolute atomic E-state index is 0.0256. The monoisotopic (exact) mass is 360 g/mol. The number of amides is 2. The molecule has 0 saturated carbocycles. The van der Waals surface area contributed by atoms with E-state index in [1.54, 1.807) is 0 Å². The zero-order chi connectivity index (χ0) is 18.1. The van der Waals surface area contributed by atoms with Crippen LogP contribution >= 0.6 is 0 Å². The van der Waals surface area contributed by atoms with Gasteiger partial charge in [-0.25, -0.2) is 0 Å². The molecule has 26 heavy (non-hydrogen) atoms. The predicted octanol–water partition coefficient (Wildman–Crippen LogP) is 1.18. The van der Waals surface area contributed by atoms with Crippen molar-refractivity contribution in [2.24, 2.45) is 5.92 Å². The number of piperidine rings is 1. The average Bonchev–Trinajstić information content (AvgIpc) is 3.12. The summed E-state index contributed by atoms with van der Waals surface area (Å²) in [5.41, 5.74) is 1.51. The van der Waals surface area contributed by atoms with Crippen molar-refractivity contribution in [3.05, 3.63) is 17.0 Å². The van der Waals surface area contributed by atoms with Crippen LogP contribution in [0.2, 0.25) is 0 Å². The van der Waals surface area contributed by atoms with Crippen LogP contribution in [0.25, 0.3) is 0 Å². The Morgan fingerprint density at radius 1 is 0.962 bits per heavy atom. The van der Waals surface area contributed by atoms with Crippen LogP contribution in [0, 0.1) is 5.92 Å². The van der Waals surface area contributed by atoms with E-state index in [4.69, 9.17) is 4.52 Å². The number of carbonyl (C=O) groups excluding carboxylic acids is 2. The van der Waals surface area contributed by atoms with Crippen LogP contribution in [0.4, 0.5) is 0 Å². The molecular formula is C19H28N4O3. The van der Waals surface area contributed by atoms with Crippen molar-refractivity contribution in [3.8, 4) is 0 Å². The lowest BCUT2D eigenvalue weighted by atomic mass is 9.93. The van der Waals surface area contributed by atoms with Gasteiger partial charge in [0.1, 0.15) is 5.76 Å². The summed E-state index contributed by atoms with van der Waals surface area (Å²) in [6.07, 6.45) is 5.47. The molecule has 3 heterocycles. The maximum Gasteiger partial charge on any atom is 0.276 e. The standard InChI is InChI=1S/C19H28N4O3/c1-21-10-12-23(13-11-21)18(24)14-6-8-22(9-7-14)19(25)17-15-4-2-3-5-16(15)26-20-17/h14H,2-13H2,1H3. The second-order valence-electron chi connectivity index (χ2n) is 7.84. The molecule has 2 fully saturated rings. The third-order valence-corrected chi connectivity index (χ3v) is 6.10. The lowest BCUT2D eigenvalue weighted by Crippen LogP contribution is -2.51. The highest BCUT2D eigenvalue weighted by Gasteiger charge is 2.33. The molecule has 142 valence electrons. The normalized spacial score (nSPS) is 22.3. The van der Waals surface area contributed by atoms with Crippen LogP contribution in [-0.4, -0.2) is 78.0 Å². The Balaban J connectivity index is 1.34. The molecule has 4 rings (SSSR count). The fourth-order valence-electron chi connectivity index (χ4n) is 4.32. The van der Waals surface area contributed by atoms with Crippen molar-refractivity contribution >= 4 is 11.8 Å². The largest absolute Gasteiger partial charge is 0.360 e. The minimum atomic E-state index is -0.0256. The first-order valence-electron chi connectivity index (χ1n) is 9.87. The van der Waals surface area contributed by atoms with E-state index in [1.165, 1.54) is 0 Å². The van der Waals surface area contributed by atoms with Crippen molar-refractivity contribution in [1.82, 2.24) is 19.9 Å². The molecule has 1 aromatic heterocycles. The Kier molecular flexibility index (Phi) is 4.98. The van der Waals surface area contributed by atoms with Crippen LogP contribution in [0.5, 0.6) is 0 Å². The highest BCUT2D eigenvalue weighted by molar-refractivity contribution is 5.94. The molecule has 0 unspecified atom stereocenters. The Hall–Kier alpha value is -1.89. The second-order valence-corrected chi connectivity index (χ2v) is 7.84. The number of aryl methyl sites for hydroxylation is 1. The number of fused-ring (bicyclic) bond motifs is 1. The Labute approximate surface area is 154 Å². The molecule has 0 spiro atoms. The zero-order valence-corrected chi connectivity index (χ0v) is 15.6. The van der Waals surface area contributed by atoms with Crippen molar-refractivity contribution in [3.63, 3.8) is 0 Å². The molecule has 1 aromatic rings. The predicted molar refractivity (Wildman–Crippen MR) is 95.8 cm³/mol. The van der Waals surface area contributed by atoms with Gasteiger partial charge in [0.15, 0.2) is 5.69 Å². The van der Waals surface area contributed by atoms with Gasteiger partial charge >= 0.3 is 0 Å². The maximum absolute atomic E-state index is 12.8. The minimum Gasteiger partial charge on any atom is -0.360 e. The summed E-state index contributed by atoms with van der Waals surface area (Å²) >= 11 is 0. The zero-order valence-electron chi connectivity index (χ0n) is 15.6. The SMILES string of the molecule is CN1CCN(C(=O)C2CCN(C(=O)c3noc4c3CCCC4)CC2)CC1. The fraction of sp³-hybridized carbons (Fsp3) is 0.737. The number of hydrogen-bond acceptors (Lipinski definition) is 5. The summed E-state index contributed by atoms with van der Waals surface area (Å²) in [5, 5.41) is 4.06. The maximum atomic E-state index is 12.8. The number of piperazine rings is 1. The van der Waals surface area contributed by atoms with Gasteiger partial charge in [-0.1, -0.05) is 5.16 Å². The summed E-state index contributed by atoms with van der Waals surface area (Å²) < 4.78 is 5.38. The first kappa shape index (κ1) is 17.5. The fourth-order valence-corrected chi connectivity index (χ4v) is 4.32. The summed E-state index contributed by atoms with van der Waals surface area (Å²) in [4.78, 5) is 31.7. The van der Waals surface area contributed by atoms with E-state index in [0.29, 0.717) is 18.8 Å². The number of likely N-dealkylation sites (N-methyl/N-ethyl adjacent to an activating group) is 1. The highest BCUT2D eigenvalue weighted by atomic mass is 16.5. The van der Waals surface area contributed by atoms with E-state index < -0.39 is 0 Å². The van der Waals surface area contributed by atoms with E-state index in [1.807, 2.05) is 9.80 Å². The molecule has 2 amide bonds. The van der Waals surface area contributed by atoms with Crippen molar-refractivity contribution in [2.75, 3.05) is 46.3 Å². The molecule has 2 aliphatic heterocycles. The number of nitrogens with zero attached hydrogens (tertiary/aromatic N) is 4. The molecule has 7 heteroatoms. The second kappa shape index (κ2) is 7.39. The van der Waals surface area contributed by atoms with Crippen LogP contribution < -0.4 is 0 Å². The quantitative estimate of drug-likeness (QED) is 0.792. The Morgan fingerprint density at radius 2 is 1.65 bits per heavy atom. The average molecular weight is 360 g/mol. The summed E-state index contributed by atoms with van der Waals surface area (Å²) in [5.74, 6) is 1.18. The van der Waals surface area contributed by atoms with E-state index in [0.717, 1.165) is 76.0 Å². The molecule has 7 nitrogen and oxygen atoms in total. The molecular weight excluding hydrogens is 332 g/mol. The first-order chi connectivity index (χ1) is 12.6. The van der Waals surface area contributed by atoms with Crippen LogP contribution in [-0.2, 0) is 17.6 Å². The van der Waals surface area contributed by atoms with Gasteiger partial charge in [0.05, 0.1) is 0 Å². The van der Waals surface area contributed by atoms with Gasteiger partial charge in [-0.15, -0.1) is 0 Å². The van der Waals surface area contributed by atoms with Gasteiger partial charge < -0.3 is 19.2 Å². The van der Waals surface area contributed by atoms with E-state index >= 15 is 0 Å². The van der Waals surface area contributed by atoms with Crippen molar-refractivity contribution in [1.29, 1.82) is 0 Å². The van der Waals surface area contributed by atoms with Gasteiger partial charge in [0.2, 0.25) is 5.91 Å². The number of hydrogen-bond donors (Lipinski definition) is 0. The molecule has 3 aliphatic rings. The van der Waals surface area contributed by atoms with Crippen molar-refractivity contribution < 1.29 is 14.1 Å². The van der Waals surface area contributed by atoms with Gasteiger partial charge in [0, 0.05) is 57.2 Å². The molecule has 1 aliphatic carbocycles. The first-order valence-corrected chi connectivity index (χ1v) is 9.87. The summed E-state index contributed by atoms with van der Waals surface area (Å²) in [7, 11) is 2.09. The van der Waals surface area contributed by atoms with Gasteiger partial charge in [-0.3, -0.25) is 9.59 Å². The van der Waals surface area contributed by atoms with Crippen LogP contribution in [0.3, 0.4) is 0 Å². The van der Waals surface area contributed by atoms with E-state index in [9.17, 15) is 9.59 Å². The number of likely N-dealkylation sites (tertiary alicyclic amines) is 1. The molecule has 0 N–H and O–H groups in total. The third-order valence-electron chi connectivity index (χ3n) is 6.10. The number of rotatable bonds is 2. The van der Waals surface area contributed by atoms with Crippen LogP contribution in [0.15, 0.2) is 4.52 Å². The summed E-state index contributed by atoms with van der Waals surface area (Å²) in [6.45, 7) is 4.79. The van der Waals surface area contributed by atoms with Gasteiger partial charge in [-0.2, -0.15) is 0 Å². The smallest absolute Gasteiger partial charge is 0.276 e. The molecule has 0 aromatic carbocycles. The van der Waals surface area contributed by atoms with Crippen LogP contribution in [0.1, 0.15) is 47.5 Å². The molecule has 0 atom stereocenters. The van der Waals surface area contributed by atoms with Gasteiger partial charge in [0.25, 0.3) is 5.91 Å². The highest BCUT2D eigenvalue weighted by Crippen LogP contribution is 2.27. The lowest BCUT2D eigenvalue weighted by Gasteiger charge is -2.37. The molecule has 2 saturated heterocycles. The Bertz CT molecular complexity index is 670. The number of carbonyl (C=O) groups is 2.